The molecule has 0 aliphatic carbocycles. The molecule has 4 heterocycles. The third-order valence-electron chi connectivity index (χ3n) is 5.68. The Kier molecular flexibility index (Phi) is 4.38. The zero-order valence-electron chi connectivity index (χ0n) is 16.9. The van der Waals surface area contributed by atoms with Crippen LogP contribution in [0, 0.1) is 0 Å². The van der Waals surface area contributed by atoms with Crippen LogP contribution in [0.25, 0.3) is 11.0 Å². The first-order valence-corrected chi connectivity index (χ1v) is 9.68. The van der Waals surface area contributed by atoms with Crippen molar-refractivity contribution >= 4 is 28.8 Å². The van der Waals surface area contributed by atoms with Gasteiger partial charge in [-0.15, -0.1) is 0 Å². The zero-order chi connectivity index (χ0) is 23.5. The first-order valence-electron chi connectivity index (χ1n) is 9.68. The molecule has 5 rings (SSSR count). The lowest BCUT2D eigenvalue weighted by molar-refractivity contribution is -0.141. The smallest absolute Gasteiger partial charge is 0.433 e. The van der Waals surface area contributed by atoms with E-state index < -0.39 is 35.3 Å². The molecule has 0 saturated carbocycles. The maximum atomic E-state index is 13.0. The van der Waals surface area contributed by atoms with Crippen LogP contribution in [-0.2, 0) is 23.1 Å². The Morgan fingerprint density at radius 3 is 2.67 bits per heavy atom. The highest BCUT2D eigenvalue weighted by atomic mass is 19.4. The number of imide groups is 1. The summed E-state index contributed by atoms with van der Waals surface area (Å²) in [6, 6.07) is 6.20. The average Bonchev–Trinajstić information content (AvgIpc) is 3.41. The fraction of sp³-hybridized carbons (Fsp3) is 0.238. The van der Waals surface area contributed by atoms with Gasteiger partial charge in [0, 0.05) is 29.8 Å². The number of ether oxygens (including phenoxy) is 1. The van der Waals surface area contributed by atoms with E-state index in [0.717, 1.165) is 6.20 Å². The number of alkyl halides is 3. The lowest BCUT2D eigenvalue weighted by Crippen LogP contribution is -2.52. The Morgan fingerprint density at radius 2 is 2.00 bits per heavy atom. The van der Waals surface area contributed by atoms with Crippen molar-refractivity contribution in [2.24, 2.45) is 0 Å². The molecule has 3 aromatic rings. The van der Waals surface area contributed by atoms with E-state index in [2.05, 4.69) is 15.6 Å². The molecule has 12 heteroatoms. The van der Waals surface area contributed by atoms with Crippen LogP contribution in [-0.4, -0.2) is 41.4 Å². The van der Waals surface area contributed by atoms with Crippen molar-refractivity contribution in [3.05, 3.63) is 59.1 Å². The molecule has 2 aromatic heterocycles. The monoisotopic (exact) mass is 460 g/mol. The second kappa shape index (κ2) is 6.95. The topological polar surface area (TPSA) is 114 Å². The molecule has 0 bridgehead atoms. The van der Waals surface area contributed by atoms with Crippen LogP contribution >= 0.6 is 0 Å². The summed E-state index contributed by atoms with van der Waals surface area (Å²) in [5, 5.41) is 4.79. The Morgan fingerprint density at radius 1 is 1.21 bits per heavy atom. The predicted octanol–water partition coefficient (Wildman–Crippen LogP) is 2.55. The van der Waals surface area contributed by atoms with Crippen LogP contribution in [0.1, 0.15) is 27.4 Å². The van der Waals surface area contributed by atoms with Gasteiger partial charge in [0.25, 0.3) is 11.8 Å². The van der Waals surface area contributed by atoms with Gasteiger partial charge in [0.2, 0.25) is 0 Å². The van der Waals surface area contributed by atoms with Gasteiger partial charge < -0.3 is 19.4 Å². The summed E-state index contributed by atoms with van der Waals surface area (Å²) in [7, 11) is 1.47. The van der Waals surface area contributed by atoms with E-state index in [-0.39, 0.29) is 29.8 Å². The van der Waals surface area contributed by atoms with Gasteiger partial charge in [-0.1, -0.05) is 6.07 Å². The molecule has 1 fully saturated rings. The number of carbonyl (C=O) groups excluding carboxylic acids is 3. The van der Waals surface area contributed by atoms with Crippen LogP contribution in [0.4, 0.5) is 18.0 Å². The number of hydrogen-bond acceptors (Lipinski definition) is 6. The van der Waals surface area contributed by atoms with Crippen molar-refractivity contribution in [2.75, 3.05) is 13.7 Å². The molecule has 0 radical (unpaired) electrons. The quantitative estimate of drug-likeness (QED) is 0.579. The van der Waals surface area contributed by atoms with Gasteiger partial charge in [-0.2, -0.15) is 13.2 Å². The molecule has 2 aliphatic rings. The highest BCUT2D eigenvalue weighted by Gasteiger charge is 2.53. The number of aromatic nitrogens is 1. The van der Waals surface area contributed by atoms with Crippen LogP contribution in [0.3, 0.4) is 0 Å². The lowest BCUT2D eigenvalue weighted by Gasteiger charge is -2.29. The van der Waals surface area contributed by atoms with E-state index in [9.17, 15) is 27.6 Å². The van der Waals surface area contributed by atoms with E-state index in [1.165, 1.54) is 18.1 Å². The second-order valence-electron chi connectivity index (χ2n) is 7.71. The maximum absolute atomic E-state index is 13.0. The fourth-order valence-corrected chi connectivity index (χ4v) is 4.03. The van der Waals surface area contributed by atoms with E-state index in [1.54, 1.807) is 18.2 Å². The number of pyridine rings is 1. The molecule has 1 atom stereocenters. The predicted molar refractivity (Wildman–Crippen MR) is 105 cm³/mol. The number of furan rings is 1. The summed E-state index contributed by atoms with van der Waals surface area (Å²) < 4.78 is 49.8. The standard InChI is InChI=1S/C21H15F3N4O5/c1-32-12-3-2-10-8-28(17(29)13(10)5-12)9-20(18(30)26-19(31)27-20)16-4-11-7-25-15(21(22,23)24)6-14(11)33-16/h2-7H,8-9H2,1H3,(H2,26,27,30,31). The number of benzene rings is 1. The number of hydrogen-bond donors (Lipinski definition) is 2. The van der Waals surface area contributed by atoms with Crippen molar-refractivity contribution in [1.29, 1.82) is 0 Å². The summed E-state index contributed by atoms with van der Waals surface area (Å²) in [5.74, 6) is -0.828. The molecule has 1 unspecified atom stereocenters. The number of rotatable bonds is 4. The van der Waals surface area contributed by atoms with Gasteiger partial charge in [0.1, 0.15) is 22.8 Å². The van der Waals surface area contributed by atoms with Crippen LogP contribution < -0.4 is 15.4 Å². The van der Waals surface area contributed by atoms with Gasteiger partial charge in [-0.05, 0) is 23.8 Å². The third-order valence-corrected chi connectivity index (χ3v) is 5.68. The summed E-state index contributed by atoms with van der Waals surface area (Å²) in [5.41, 5.74) is -2.08. The Hall–Kier alpha value is -4.09. The maximum Gasteiger partial charge on any atom is 0.433 e. The average molecular weight is 460 g/mol. The number of nitrogens with one attached hydrogen (secondary N) is 2. The minimum atomic E-state index is -4.69. The first kappa shape index (κ1) is 20.8. The molecule has 33 heavy (non-hydrogen) atoms. The highest BCUT2D eigenvalue weighted by Crippen LogP contribution is 2.36. The minimum absolute atomic E-state index is 0.122. The van der Waals surface area contributed by atoms with Gasteiger partial charge in [-0.3, -0.25) is 19.9 Å². The Labute approximate surface area is 183 Å². The van der Waals surface area contributed by atoms with E-state index in [4.69, 9.17) is 9.15 Å². The summed E-state index contributed by atoms with van der Waals surface area (Å²) >= 11 is 0. The summed E-state index contributed by atoms with van der Waals surface area (Å²) in [6.07, 6.45) is -3.72. The molecule has 2 aliphatic heterocycles. The number of urea groups is 1. The second-order valence-corrected chi connectivity index (χ2v) is 7.71. The van der Waals surface area contributed by atoms with Gasteiger partial charge >= 0.3 is 12.2 Å². The molecular formula is C21H15F3N4O5. The van der Waals surface area contributed by atoms with Crippen LogP contribution in [0.2, 0.25) is 0 Å². The lowest BCUT2D eigenvalue weighted by atomic mass is 9.95. The SMILES string of the molecule is COc1ccc2c(c1)C(=O)N(CC1(c3cc4cnc(C(F)(F)F)cc4o3)NC(=O)NC1=O)C2. The zero-order valence-corrected chi connectivity index (χ0v) is 16.9. The molecule has 2 N–H and O–H groups in total. The Bertz CT molecular complexity index is 1340. The minimum Gasteiger partial charge on any atom is -0.497 e. The first-order chi connectivity index (χ1) is 15.6. The van der Waals surface area contributed by atoms with Crippen molar-refractivity contribution in [2.45, 2.75) is 18.3 Å². The van der Waals surface area contributed by atoms with Crippen molar-refractivity contribution < 1.29 is 36.7 Å². The molecule has 9 nitrogen and oxygen atoms in total. The van der Waals surface area contributed by atoms with Crippen molar-refractivity contribution in [3.8, 4) is 5.75 Å². The normalized spacial score (nSPS) is 20.2. The highest BCUT2D eigenvalue weighted by molar-refractivity contribution is 6.08. The van der Waals surface area contributed by atoms with Crippen molar-refractivity contribution in [3.63, 3.8) is 0 Å². The number of methoxy groups -OCH3 is 1. The van der Waals surface area contributed by atoms with E-state index in [0.29, 0.717) is 22.9 Å². The number of halogens is 3. The van der Waals surface area contributed by atoms with Gasteiger partial charge in [-0.25, -0.2) is 4.79 Å². The number of carbonyl (C=O) groups is 3. The van der Waals surface area contributed by atoms with E-state index >= 15 is 0 Å². The number of fused-ring (bicyclic) bond motifs is 2. The Balaban J connectivity index is 1.54. The van der Waals surface area contributed by atoms with Gasteiger partial charge in [0.15, 0.2) is 5.54 Å². The fourth-order valence-electron chi connectivity index (χ4n) is 4.03. The number of nitrogens with zero attached hydrogens (tertiary/aromatic N) is 2. The molecule has 1 saturated heterocycles. The van der Waals surface area contributed by atoms with Crippen molar-refractivity contribution in [1.82, 2.24) is 20.5 Å². The molecular weight excluding hydrogens is 445 g/mol. The van der Waals surface area contributed by atoms with Crippen LogP contribution in [0.5, 0.6) is 5.75 Å². The molecule has 0 spiro atoms. The van der Waals surface area contributed by atoms with Gasteiger partial charge in [0.05, 0.1) is 13.7 Å². The third kappa shape index (κ3) is 3.25. The number of amides is 4. The largest absolute Gasteiger partial charge is 0.497 e. The van der Waals surface area contributed by atoms with Crippen LogP contribution in [0.15, 0.2) is 40.9 Å². The molecule has 4 amide bonds. The molecule has 170 valence electrons. The summed E-state index contributed by atoms with van der Waals surface area (Å²) in [4.78, 5) is 42.6. The summed E-state index contributed by atoms with van der Waals surface area (Å²) in [6.45, 7) is -0.150. The van der Waals surface area contributed by atoms with E-state index in [1.807, 2.05) is 0 Å². The molecule has 1 aromatic carbocycles.